The molecule has 1 heterocycles. The summed E-state index contributed by atoms with van der Waals surface area (Å²) in [5.41, 5.74) is 6.14. The molecule has 6 nitrogen and oxygen atoms in total. The number of hydrogen-bond acceptors (Lipinski definition) is 4. The van der Waals surface area contributed by atoms with E-state index in [4.69, 9.17) is 5.73 Å². The van der Waals surface area contributed by atoms with Crippen molar-refractivity contribution >= 4 is 5.91 Å². The Balaban J connectivity index is 1.78. The lowest BCUT2D eigenvalue weighted by Crippen LogP contribution is -2.39. The van der Waals surface area contributed by atoms with Crippen molar-refractivity contribution in [3.63, 3.8) is 0 Å². The van der Waals surface area contributed by atoms with Crippen LogP contribution in [0.2, 0.25) is 0 Å². The summed E-state index contributed by atoms with van der Waals surface area (Å²) >= 11 is 0. The molecule has 0 unspecified atom stereocenters. The molecular formula is C12H21N5O. The Morgan fingerprint density at radius 1 is 1.50 bits per heavy atom. The third-order valence-electron chi connectivity index (χ3n) is 3.48. The quantitative estimate of drug-likeness (QED) is 0.812. The largest absolute Gasteiger partial charge is 0.352 e. The van der Waals surface area contributed by atoms with E-state index in [1.54, 1.807) is 6.20 Å². The van der Waals surface area contributed by atoms with Gasteiger partial charge in [0.2, 0.25) is 5.91 Å². The summed E-state index contributed by atoms with van der Waals surface area (Å²) < 4.78 is 1.53. The van der Waals surface area contributed by atoms with E-state index in [0.717, 1.165) is 18.8 Å². The van der Waals surface area contributed by atoms with E-state index in [1.807, 2.05) is 0 Å². The Labute approximate surface area is 107 Å². The molecule has 3 N–H and O–H groups in total. The second-order valence-electron chi connectivity index (χ2n) is 5.14. The van der Waals surface area contributed by atoms with E-state index in [-0.39, 0.29) is 12.5 Å². The maximum absolute atomic E-state index is 11.8. The van der Waals surface area contributed by atoms with Gasteiger partial charge < -0.3 is 11.1 Å². The molecule has 0 radical (unpaired) electrons. The van der Waals surface area contributed by atoms with Crippen LogP contribution in [0.5, 0.6) is 0 Å². The van der Waals surface area contributed by atoms with Crippen LogP contribution in [0.4, 0.5) is 0 Å². The summed E-state index contributed by atoms with van der Waals surface area (Å²) in [7, 11) is 0. The van der Waals surface area contributed by atoms with Gasteiger partial charge in [0, 0.05) is 12.6 Å². The second-order valence-corrected chi connectivity index (χ2v) is 5.14. The molecule has 1 aliphatic carbocycles. The fraction of sp³-hybridized carbons (Fsp3) is 0.750. The Hall–Kier alpha value is -1.43. The highest BCUT2D eigenvalue weighted by molar-refractivity contribution is 5.75. The molecule has 2 rings (SSSR count). The molecule has 6 heteroatoms. The average Bonchev–Trinajstić information content (AvgIpc) is 2.79. The van der Waals surface area contributed by atoms with Gasteiger partial charge in [0.25, 0.3) is 0 Å². The molecule has 0 aromatic carbocycles. The minimum Gasteiger partial charge on any atom is -0.352 e. The van der Waals surface area contributed by atoms with Crippen molar-refractivity contribution in [2.75, 3.05) is 0 Å². The number of rotatable bonds is 4. The van der Waals surface area contributed by atoms with Crippen molar-refractivity contribution in [3.05, 3.63) is 11.9 Å². The van der Waals surface area contributed by atoms with Crippen molar-refractivity contribution in [2.24, 2.45) is 11.7 Å². The van der Waals surface area contributed by atoms with Gasteiger partial charge in [0.1, 0.15) is 6.54 Å². The molecule has 0 spiro atoms. The SMILES string of the molecule is CC1CCC(NC(=O)Cn2cc(CN)nn2)CC1. The molecule has 18 heavy (non-hydrogen) atoms. The maximum Gasteiger partial charge on any atom is 0.242 e. The second kappa shape index (κ2) is 5.95. The van der Waals surface area contributed by atoms with Crippen LogP contribution < -0.4 is 11.1 Å². The van der Waals surface area contributed by atoms with Crippen molar-refractivity contribution in [1.82, 2.24) is 20.3 Å². The minimum absolute atomic E-state index is 0.00280. The van der Waals surface area contributed by atoms with Crippen LogP contribution in [-0.4, -0.2) is 26.9 Å². The number of aromatic nitrogens is 3. The molecular weight excluding hydrogens is 230 g/mol. The summed E-state index contributed by atoms with van der Waals surface area (Å²) in [5.74, 6) is 0.795. The monoisotopic (exact) mass is 251 g/mol. The average molecular weight is 251 g/mol. The van der Waals surface area contributed by atoms with E-state index in [0.29, 0.717) is 18.3 Å². The topological polar surface area (TPSA) is 85.8 Å². The lowest BCUT2D eigenvalue weighted by molar-refractivity contribution is -0.122. The van der Waals surface area contributed by atoms with E-state index >= 15 is 0 Å². The molecule has 0 bridgehead atoms. The minimum atomic E-state index is 0.00280. The van der Waals surface area contributed by atoms with Crippen molar-refractivity contribution in [3.8, 4) is 0 Å². The number of nitrogens with two attached hydrogens (primary N) is 1. The normalized spacial score (nSPS) is 23.9. The summed E-state index contributed by atoms with van der Waals surface area (Å²) in [6.45, 7) is 2.84. The Morgan fingerprint density at radius 3 is 2.83 bits per heavy atom. The molecule has 0 atom stereocenters. The molecule has 1 saturated carbocycles. The zero-order valence-corrected chi connectivity index (χ0v) is 10.8. The first kappa shape index (κ1) is 13.0. The summed E-state index contributed by atoms with van der Waals surface area (Å²) in [6, 6.07) is 0.325. The lowest BCUT2D eigenvalue weighted by Gasteiger charge is -2.26. The smallest absolute Gasteiger partial charge is 0.242 e. The molecule has 1 aliphatic rings. The van der Waals surface area contributed by atoms with Gasteiger partial charge >= 0.3 is 0 Å². The van der Waals surface area contributed by atoms with Gasteiger partial charge in [-0.05, 0) is 31.6 Å². The van der Waals surface area contributed by atoms with Gasteiger partial charge in [-0.2, -0.15) is 0 Å². The van der Waals surface area contributed by atoms with Crippen LogP contribution >= 0.6 is 0 Å². The lowest BCUT2D eigenvalue weighted by atomic mass is 9.87. The standard InChI is InChI=1S/C12H21N5O/c1-9-2-4-10(5-3-9)14-12(18)8-17-7-11(6-13)15-16-17/h7,9-10H,2-6,8,13H2,1H3,(H,14,18). The van der Waals surface area contributed by atoms with Crippen LogP contribution in [0.3, 0.4) is 0 Å². The van der Waals surface area contributed by atoms with E-state index in [2.05, 4.69) is 22.6 Å². The first-order valence-corrected chi connectivity index (χ1v) is 6.56. The van der Waals surface area contributed by atoms with Gasteiger partial charge in [-0.3, -0.25) is 4.79 Å². The number of amides is 1. The Morgan fingerprint density at radius 2 is 2.22 bits per heavy atom. The van der Waals surface area contributed by atoms with Gasteiger partial charge in [0.05, 0.1) is 11.9 Å². The molecule has 0 saturated heterocycles. The van der Waals surface area contributed by atoms with Gasteiger partial charge in [-0.15, -0.1) is 5.10 Å². The highest BCUT2D eigenvalue weighted by atomic mass is 16.2. The first-order chi connectivity index (χ1) is 8.67. The number of nitrogens with zero attached hydrogens (tertiary/aromatic N) is 3. The zero-order valence-electron chi connectivity index (χ0n) is 10.8. The third-order valence-corrected chi connectivity index (χ3v) is 3.48. The number of carbonyl (C=O) groups is 1. The first-order valence-electron chi connectivity index (χ1n) is 6.56. The highest BCUT2D eigenvalue weighted by Gasteiger charge is 2.19. The van der Waals surface area contributed by atoms with E-state index in [9.17, 15) is 4.79 Å². The molecule has 100 valence electrons. The summed E-state index contributed by atoms with van der Waals surface area (Å²) in [4.78, 5) is 11.8. The van der Waals surface area contributed by atoms with E-state index in [1.165, 1.54) is 17.5 Å². The molecule has 0 aliphatic heterocycles. The van der Waals surface area contributed by atoms with Gasteiger partial charge in [-0.1, -0.05) is 12.1 Å². The zero-order chi connectivity index (χ0) is 13.0. The van der Waals surface area contributed by atoms with E-state index < -0.39 is 0 Å². The van der Waals surface area contributed by atoms with Crippen LogP contribution in [-0.2, 0) is 17.9 Å². The van der Waals surface area contributed by atoms with Crippen molar-refractivity contribution in [2.45, 2.75) is 51.7 Å². The van der Waals surface area contributed by atoms with Crippen molar-refractivity contribution in [1.29, 1.82) is 0 Å². The summed E-state index contributed by atoms with van der Waals surface area (Å²) in [5, 5.41) is 10.8. The molecule has 1 aromatic heterocycles. The highest BCUT2D eigenvalue weighted by Crippen LogP contribution is 2.23. The van der Waals surface area contributed by atoms with Crippen LogP contribution in [0, 0.1) is 5.92 Å². The number of carbonyl (C=O) groups excluding carboxylic acids is 1. The molecule has 1 amide bonds. The van der Waals surface area contributed by atoms with Crippen molar-refractivity contribution < 1.29 is 4.79 Å². The van der Waals surface area contributed by atoms with Crippen LogP contribution in [0.15, 0.2) is 6.20 Å². The van der Waals surface area contributed by atoms with Crippen LogP contribution in [0.25, 0.3) is 0 Å². The summed E-state index contributed by atoms with van der Waals surface area (Å²) in [6.07, 6.45) is 6.27. The Kier molecular flexibility index (Phi) is 4.30. The maximum atomic E-state index is 11.8. The predicted octanol–water partition coefficient (Wildman–Crippen LogP) is 0.432. The van der Waals surface area contributed by atoms with Gasteiger partial charge in [-0.25, -0.2) is 4.68 Å². The fourth-order valence-corrected chi connectivity index (χ4v) is 2.33. The molecule has 1 aromatic rings. The predicted molar refractivity (Wildman–Crippen MR) is 67.5 cm³/mol. The molecule has 1 fully saturated rings. The van der Waals surface area contributed by atoms with Crippen LogP contribution in [0.1, 0.15) is 38.3 Å². The fourth-order valence-electron chi connectivity index (χ4n) is 2.33. The van der Waals surface area contributed by atoms with Gasteiger partial charge in [0.15, 0.2) is 0 Å². The third kappa shape index (κ3) is 3.53. The number of hydrogen-bond donors (Lipinski definition) is 2. The Bertz CT molecular complexity index is 395. The number of nitrogens with one attached hydrogen (secondary N) is 1.